The molecule has 0 saturated heterocycles. The highest BCUT2D eigenvalue weighted by Crippen LogP contribution is 2.22. The molecule has 0 spiro atoms. The molecule has 5 nitrogen and oxygen atoms in total. The van der Waals surface area contributed by atoms with E-state index in [-0.39, 0.29) is 11.8 Å². The summed E-state index contributed by atoms with van der Waals surface area (Å²) in [6.45, 7) is 1.87. The molecule has 5 heteroatoms. The molecule has 130 valence electrons. The second-order valence-electron chi connectivity index (χ2n) is 6.61. The lowest BCUT2D eigenvalue weighted by atomic mass is 10.1. The lowest BCUT2D eigenvalue weighted by Gasteiger charge is -2.10. The number of aryl methyl sites for hydroxylation is 1. The summed E-state index contributed by atoms with van der Waals surface area (Å²) in [5.74, 6) is -0.319. The van der Waals surface area contributed by atoms with Gasteiger partial charge in [0.2, 0.25) is 0 Å². The zero-order valence-corrected chi connectivity index (χ0v) is 14.5. The van der Waals surface area contributed by atoms with Crippen molar-refractivity contribution < 1.29 is 9.59 Å². The number of aromatic nitrogens is 1. The van der Waals surface area contributed by atoms with E-state index in [0.29, 0.717) is 22.9 Å². The van der Waals surface area contributed by atoms with Crippen LogP contribution in [0.4, 0.5) is 5.69 Å². The van der Waals surface area contributed by atoms with Crippen LogP contribution in [-0.2, 0) is 0 Å². The van der Waals surface area contributed by atoms with Crippen molar-refractivity contribution >= 4 is 28.4 Å². The van der Waals surface area contributed by atoms with Crippen molar-refractivity contribution in [3.05, 3.63) is 71.4 Å². The SMILES string of the molecule is Cc1cc(C(=O)Nc2cccc(C(=O)NC3CC3)c2)c2ccccc2n1. The van der Waals surface area contributed by atoms with E-state index in [1.807, 2.05) is 31.2 Å². The molecule has 0 unspecified atom stereocenters. The van der Waals surface area contributed by atoms with Crippen molar-refractivity contribution in [3.8, 4) is 0 Å². The summed E-state index contributed by atoms with van der Waals surface area (Å²) in [7, 11) is 0. The van der Waals surface area contributed by atoms with Gasteiger partial charge in [0.05, 0.1) is 11.1 Å². The summed E-state index contributed by atoms with van der Waals surface area (Å²) in [6, 6.07) is 16.6. The fourth-order valence-electron chi connectivity index (χ4n) is 2.93. The topological polar surface area (TPSA) is 71.1 Å². The molecular formula is C21H19N3O2. The number of carbonyl (C=O) groups is 2. The third-order valence-corrected chi connectivity index (χ3v) is 4.38. The molecule has 0 radical (unpaired) electrons. The first kappa shape index (κ1) is 16.3. The molecule has 3 aromatic rings. The van der Waals surface area contributed by atoms with Crippen LogP contribution in [0.5, 0.6) is 0 Å². The predicted octanol–water partition coefficient (Wildman–Crippen LogP) is 3.69. The average molecular weight is 345 g/mol. The summed E-state index contributed by atoms with van der Waals surface area (Å²) in [5.41, 5.74) is 3.28. The van der Waals surface area contributed by atoms with Gasteiger partial charge in [0.15, 0.2) is 0 Å². The number of carbonyl (C=O) groups excluding carboxylic acids is 2. The average Bonchev–Trinajstić information content (AvgIpc) is 3.45. The number of rotatable bonds is 4. The summed E-state index contributed by atoms with van der Waals surface area (Å²) in [5, 5.41) is 6.65. The fraction of sp³-hybridized carbons (Fsp3) is 0.190. The Kier molecular flexibility index (Phi) is 4.13. The van der Waals surface area contributed by atoms with Gasteiger partial charge >= 0.3 is 0 Å². The van der Waals surface area contributed by atoms with E-state index in [0.717, 1.165) is 29.4 Å². The molecule has 26 heavy (non-hydrogen) atoms. The van der Waals surface area contributed by atoms with Crippen LogP contribution in [0, 0.1) is 6.92 Å². The maximum absolute atomic E-state index is 12.8. The number of nitrogens with one attached hydrogen (secondary N) is 2. The van der Waals surface area contributed by atoms with E-state index in [1.54, 1.807) is 30.3 Å². The molecule has 0 atom stereocenters. The second-order valence-corrected chi connectivity index (χ2v) is 6.61. The van der Waals surface area contributed by atoms with Gasteiger partial charge in [-0.25, -0.2) is 0 Å². The molecule has 1 aliphatic rings. The van der Waals surface area contributed by atoms with E-state index < -0.39 is 0 Å². The zero-order chi connectivity index (χ0) is 18.1. The lowest BCUT2D eigenvalue weighted by Crippen LogP contribution is -2.25. The largest absolute Gasteiger partial charge is 0.349 e. The summed E-state index contributed by atoms with van der Waals surface area (Å²) < 4.78 is 0. The highest BCUT2D eigenvalue weighted by Gasteiger charge is 2.23. The van der Waals surface area contributed by atoms with Crippen molar-refractivity contribution in [1.82, 2.24) is 10.3 Å². The first-order valence-electron chi connectivity index (χ1n) is 8.69. The number of hydrogen-bond donors (Lipinski definition) is 2. The van der Waals surface area contributed by atoms with Gasteiger partial charge < -0.3 is 10.6 Å². The first-order valence-corrected chi connectivity index (χ1v) is 8.69. The van der Waals surface area contributed by atoms with E-state index in [2.05, 4.69) is 15.6 Å². The van der Waals surface area contributed by atoms with E-state index in [4.69, 9.17) is 0 Å². The Bertz CT molecular complexity index is 1010. The van der Waals surface area contributed by atoms with Crippen LogP contribution >= 0.6 is 0 Å². The number of benzene rings is 2. The minimum atomic E-state index is -0.216. The molecule has 1 fully saturated rings. The number of pyridine rings is 1. The number of nitrogens with zero attached hydrogens (tertiary/aromatic N) is 1. The molecule has 2 N–H and O–H groups in total. The van der Waals surface area contributed by atoms with Crippen molar-refractivity contribution in [2.45, 2.75) is 25.8 Å². The van der Waals surface area contributed by atoms with Crippen LogP contribution in [0.1, 0.15) is 39.3 Å². The second kappa shape index (κ2) is 6.59. The maximum Gasteiger partial charge on any atom is 0.256 e. The maximum atomic E-state index is 12.8. The number of hydrogen-bond acceptors (Lipinski definition) is 3. The number of fused-ring (bicyclic) bond motifs is 1. The highest BCUT2D eigenvalue weighted by atomic mass is 16.2. The minimum Gasteiger partial charge on any atom is -0.349 e. The molecule has 1 heterocycles. The van der Waals surface area contributed by atoms with Crippen LogP contribution in [0.15, 0.2) is 54.6 Å². The summed E-state index contributed by atoms with van der Waals surface area (Å²) in [4.78, 5) is 29.5. The van der Waals surface area contributed by atoms with Crippen molar-refractivity contribution in [2.24, 2.45) is 0 Å². The molecule has 2 amide bonds. The van der Waals surface area contributed by atoms with E-state index in [9.17, 15) is 9.59 Å². The standard InChI is InChI=1S/C21H19N3O2/c1-13-11-18(17-7-2-3-8-19(17)22-13)21(26)24-16-6-4-5-14(12-16)20(25)23-15-9-10-15/h2-8,11-12,15H,9-10H2,1H3,(H,23,25)(H,24,26). The van der Waals surface area contributed by atoms with Crippen molar-refractivity contribution in [3.63, 3.8) is 0 Å². The van der Waals surface area contributed by atoms with Crippen LogP contribution in [0.3, 0.4) is 0 Å². The fourth-order valence-corrected chi connectivity index (χ4v) is 2.93. The Morgan fingerprint density at radius 3 is 2.62 bits per heavy atom. The quantitative estimate of drug-likeness (QED) is 0.757. The van der Waals surface area contributed by atoms with Gasteiger partial charge in [0, 0.05) is 28.4 Å². The Balaban J connectivity index is 1.59. The summed E-state index contributed by atoms with van der Waals surface area (Å²) in [6.07, 6.45) is 2.08. The Labute approximate surface area is 151 Å². The van der Waals surface area contributed by atoms with Gasteiger partial charge in [0.1, 0.15) is 0 Å². The van der Waals surface area contributed by atoms with E-state index in [1.165, 1.54) is 0 Å². The van der Waals surface area contributed by atoms with E-state index >= 15 is 0 Å². The first-order chi connectivity index (χ1) is 12.6. The number of para-hydroxylation sites is 1. The van der Waals surface area contributed by atoms with Gasteiger partial charge in [-0.1, -0.05) is 24.3 Å². The van der Waals surface area contributed by atoms with Gasteiger partial charge in [-0.15, -0.1) is 0 Å². The van der Waals surface area contributed by atoms with Crippen molar-refractivity contribution in [1.29, 1.82) is 0 Å². The van der Waals surface area contributed by atoms with Crippen LogP contribution < -0.4 is 10.6 Å². The molecule has 0 aliphatic heterocycles. The zero-order valence-electron chi connectivity index (χ0n) is 14.5. The van der Waals surface area contributed by atoms with Crippen LogP contribution in [0.2, 0.25) is 0 Å². The molecule has 1 aliphatic carbocycles. The molecule has 2 aromatic carbocycles. The molecule has 1 saturated carbocycles. The smallest absolute Gasteiger partial charge is 0.256 e. The third kappa shape index (κ3) is 3.42. The van der Waals surface area contributed by atoms with Gasteiger partial charge in [-0.05, 0) is 50.1 Å². The third-order valence-electron chi connectivity index (χ3n) is 4.38. The Morgan fingerprint density at radius 1 is 1.00 bits per heavy atom. The molecule has 1 aromatic heterocycles. The predicted molar refractivity (Wildman–Crippen MR) is 101 cm³/mol. The molecular weight excluding hydrogens is 326 g/mol. The minimum absolute atomic E-state index is 0.103. The van der Waals surface area contributed by atoms with Crippen LogP contribution in [0.25, 0.3) is 10.9 Å². The highest BCUT2D eigenvalue weighted by molar-refractivity contribution is 6.12. The van der Waals surface area contributed by atoms with Crippen molar-refractivity contribution in [2.75, 3.05) is 5.32 Å². The Morgan fingerprint density at radius 2 is 1.81 bits per heavy atom. The van der Waals surface area contributed by atoms with Gasteiger partial charge in [-0.3, -0.25) is 14.6 Å². The normalized spacial score (nSPS) is 13.4. The number of anilines is 1. The Hall–Kier alpha value is -3.21. The summed E-state index contributed by atoms with van der Waals surface area (Å²) >= 11 is 0. The molecule has 0 bridgehead atoms. The van der Waals surface area contributed by atoms with Gasteiger partial charge in [0.25, 0.3) is 11.8 Å². The van der Waals surface area contributed by atoms with Crippen LogP contribution in [-0.4, -0.2) is 22.8 Å². The molecule has 4 rings (SSSR count). The monoisotopic (exact) mass is 345 g/mol. The lowest BCUT2D eigenvalue weighted by molar-refractivity contribution is 0.0949. The number of amides is 2. The van der Waals surface area contributed by atoms with Gasteiger partial charge in [-0.2, -0.15) is 0 Å².